The maximum atomic E-state index is 12.9. The Morgan fingerprint density at radius 3 is 2.71 bits per heavy atom. The first-order valence-electron chi connectivity index (χ1n) is 8.51. The van der Waals surface area contributed by atoms with Crippen LogP contribution in [0.25, 0.3) is 10.2 Å². The molecule has 0 bridgehead atoms. The number of hydrogen-bond acceptors (Lipinski definition) is 5. The molecule has 2 N–H and O–H groups in total. The fraction of sp³-hybridized carbons (Fsp3) is 0.158. The standard InChI is InChI=1S/C19H19N3O4S2/c1-3-11-20-18(23)14-7-5-6-8-15(14)21-28(25,26)13-9-10-16-17(12-13)27-19(24)22(16)4-2/h3,5-10,12,21H,1,4,11H2,2H3,(H,20,23). The van der Waals surface area contributed by atoms with Crippen molar-refractivity contribution in [2.24, 2.45) is 0 Å². The molecule has 146 valence electrons. The van der Waals surface area contributed by atoms with Gasteiger partial charge < -0.3 is 5.32 Å². The van der Waals surface area contributed by atoms with Crippen LogP contribution in [0, 0.1) is 0 Å². The highest BCUT2D eigenvalue weighted by molar-refractivity contribution is 7.92. The lowest BCUT2D eigenvalue weighted by atomic mass is 10.1. The van der Waals surface area contributed by atoms with Crippen LogP contribution in [-0.2, 0) is 16.6 Å². The molecule has 0 aliphatic carbocycles. The Kier molecular flexibility index (Phi) is 5.66. The van der Waals surface area contributed by atoms with Crippen molar-refractivity contribution in [2.75, 3.05) is 11.3 Å². The number of aromatic nitrogens is 1. The molecule has 0 saturated heterocycles. The molecular weight excluding hydrogens is 398 g/mol. The van der Waals surface area contributed by atoms with Gasteiger partial charge in [0.1, 0.15) is 0 Å². The van der Waals surface area contributed by atoms with Crippen LogP contribution in [0.15, 0.2) is 64.8 Å². The molecule has 1 aromatic heterocycles. The van der Waals surface area contributed by atoms with Gasteiger partial charge in [0.15, 0.2) is 0 Å². The second kappa shape index (κ2) is 7.99. The highest BCUT2D eigenvalue weighted by atomic mass is 32.2. The number of sulfonamides is 1. The number of carbonyl (C=O) groups is 1. The van der Waals surface area contributed by atoms with Crippen molar-refractivity contribution in [2.45, 2.75) is 18.4 Å². The number of aryl methyl sites for hydroxylation is 1. The zero-order chi connectivity index (χ0) is 20.3. The molecule has 1 heterocycles. The van der Waals surface area contributed by atoms with Gasteiger partial charge in [-0.25, -0.2) is 8.42 Å². The minimum atomic E-state index is -3.95. The van der Waals surface area contributed by atoms with E-state index in [1.807, 2.05) is 6.92 Å². The van der Waals surface area contributed by atoms with Crippen LogP contribution < -0.4 is 14.9 Å². The van der Waals surface area contributed by atoms with E-state index in [0.29, 0.717) is 16.8 Å². The lowest BCUT2D eigenvalue weighted by Gasteiger charge is -2.12. The van der Waals surface area contributed by atoms with Crippen LogP contribution in [0.3, 0.4) is 0 Å². The first-order chi connectivity index (χ1) is 13.4. The van der Waals surface area contributed by atoms with E-state index in [-0.39, 0.29) is 27.6 Å². The number of hydrogen-bond donors (Lipinski definition) is 2. The SMILES string of the molecule is C=CCNC(=O)c1ccccc1NS(=O)(=O)c1ccc2c(c1)sc(=O)n2CC. The molecule has 1 amide bonds. The molecule has 0 atom stereocenters. The van der Waals surface area contributed by atoms with Crippen LogP contribution in [0.1, 0.15) is 17.3 Å². The topological polar surface area (TPSA) is 97.3 Å². The molecule has 0 unspecified atom stereocenters. The predicted octanol–water partition coefficient (Wildman–Crippen LogP) is 2.80. The number of nitrogens with one attached hydrogen (secondary N) is 2. The zero-order valence-electron chi connectivity index (χ0n) is 15.1. The number of fused-ring (bicyclic) bond motifs is 1. The normalized spacial score (nSPS) is 11.3. The minimum Gasteiger partial charge on any atom is -0.349 e. The molecule has 7 nitrogen and oxygen atoms in total. The molecule has 3 rings (SSSR count). The molecule has 0 radical (unpaired) electrons. The van der Waals surface area contributed by atoms with Gasteiger partial charge in [0.2, 0.25) is 0 Å². The summed E-state index contributed by atoms with van der Waals surface area (Å²) in [5.41, 5.74) is 1.07. The van der Waals surface area contributed by atoms with Crippen LogP contribution in [0.2, 0.25) is 0 Å². The second-order valence-electron chi connectivity index (χ2n) is 5.89. The smallest absolute Gasteiger partial charge is 0.308 e. The maximum absolute atomic E-state index is 12.9. The first kappa shape index (κ1) is 19.8. The molecule has 0 aliphatic rings. The summed E-state index contributed by atoms with van der Waals surface area (Å²) in [7, 11) is -3.95. The molecule has 28 heavy (non-hydrogen) atoms. The summed E-state index contributed by atoms with van der Waals surface area (Å²) in [5.74, 6) is -0.410. The van der Waals surface area contributed by atoms with E-state index in [0.717, 1.165) is 11.3 Å². The fourth-order valence-corrected chi connectivity index (χ4v) is 4.92. The quantitative estimate of drug-likeness (QED) is 0.578. The Morgan fingerprint density at radius 2 is 2.00 bits per heavy atom. The van der Waals surface area contributed by atoms with Gasteiger partial charge >= 0.3 is 4.87 Å². The van der Waals surface area contributed by atoms with Crippen molar-refractivity contribution < 1.29 is 13.2 Å². The van der Waals surface area contributed by atoms with Crippen LogP contribution in [0.5, 0.6) is 0 Å². The van der Waals surface area contributed by atoms with Gasteiger partial charge in [0.05, 0.1) is 26.4 Å². The fourth-order valence-electron chi connectivity index (χ4n) is 2.75. The molecular formula is C19H19N3O4S2. The summed E-state index contributed by atoms with van der Waals surface area (Å²) in [6, 6.07) is 10.9. The van der Waals surface area contributed by atoms with Crippen LogP contribution >= 0.6 is 11.3 Å². The lowest BCUT2D eigenvalue weighted by Crippen LogP contribution is -2.25. The van der Waals surface area contributed by atoms with E-state index in [4.69, 9.17) is 0 Å². The average Bonchev–Trinajstić information content (AvgIpc) is 3.00. The number of carbonyl (C=O) groups excluding carboxylic acids is 1. The number of para-hydroxylation sites is 1. The molecule has 9 heteroatoms. The van der Waals surface area contributed by atoms with E-state index in [1.54, 1.807) is 22.8 Å². The van der Waals surface area contributed by atoms with E-state index in [9.17, 15) is 18.0 Å². The Hall–Kier alpha value is -2.91. The third kappa shape index (κ3) is 3.85. The van der Waals surface area contributed by atoms with Gasteiger partial charge in [-0.15, -0.1) is 6.58 Å². The highest BCUT2D eigenvalue weighted by Gasteiger charge is 2.20. The number of benzene rings is 2. The largest absolute Gasteiger partial charge is 0.349 e. The van der Waals surface area contributed by atoms with Gasteiger partial charge in [-0.2, -0.15) is 0 Å². The van der Waals surface area contributed by atoms with Gasteiger partial charge in [0.25, 0.3) is 15.9 Å². The van der Waals surface area contributed by atoms with Crippen molar-refractivity contribution >= 4 is 43.2 Å². The van der Waals surface area contributed by atoms with Gasteiger partial charge in [-0.3, -0.25) is 18.9 Å². The second-order valence-corrected chi connectivity index (χ2v) is 8.57. The number of rotatable bonds is 7. The molecule has 0 saturated carbocycles. The van der Waals surface area contributed by atoms with E-state index in [1.165, 1.54) is 30.3 Å². The third-order valence-corrected chi connectivity index (χ3v) is 6.39. The Morgan fingerprint density at radius 1 is 1.25 bits per heavy atom. The Labute approximate surface area is 166 Å². The summed E-state index contributed by atoms with van der Waals surface area (Å²) < 4.78 is 30.4. The summed E-state index contributed by atoms with van der Waals surface area (Å²) in [5, 5.41) is 2.63. The highest BCUT2D eigenvalue weighted by Crippen LogP contribution is 2.25. The Balaban J connectivity index is 1.97. The first-order valence-corrected chi connectivity index (χ1v) is 10.8. The third-order valence-electron chi connectivity index (χ3n) is 4.09. The van der Waals surface area contributed by atoms with Gasteiger partial charge in [-0.1, -0.05) is 29.5 Å². The predicted molar refractivity (Wildman–Crippen MR) is 112 cm³/mol. The monoisotopic (exact) mass is 417 g/mol. The van der Waals surface area contributed by atoms with E-state index < -0.39 is 15.9 Å². The summed E-state index contributed by atoms with van der Waals surface area (Å²) in [4.78, 5) is 24.1. The van der Waals surface area contributed by atoms with Crippen molar-refractivity contribution in [1.29, 1.82) is 0 Å². The zero-order valence-corrected chi connectivity index (χ0v) is 16.8. The van der Waals surface area contributed by atoms with Crippen LogP contribution in [-0.4, -0.2) is 25.4 Å². The van der Waals surface area contributed by atoms with Crippen LogP contribution in [0.4, 0.5) is 5.69 Å². The Bertz CT molecular complexity index is 1210. The maximum Gasteiger partial charge on any atom is 0.308 e. The summed E-state index contributed by atoms with van der Waals surface area (Å²) in [6.07, 6.45) is 1.54. The molecule has 0 spiro atoms. The van der Waals surface area contributed by atoms with Gasteiger partial charge in [-0.05, 0) is 37.3 Å². The van der Waals surface area contributed by atoms with Crippen molar-refractivity contribution in [3.63, 3.8) is 0 Å². The number of amides is 1. The number of nitrogens with zero attached hydrogens (tertiary/aromatic N) is 1. The molecule has 2 aromatic carbocycles. The van der Waals surface area contributed by atoms with Gasteiger partial charge in [0, 0.05) is 13.1 Å². The minimum absolute atomic E-state index is 0.0193. The molecule has 0 fully saturated rings. The summed E-state index contributed by atoms with van der Waals surface area (Å²) >= 11 is 0.999. The van der Waals surface area contributed by atoms with Crippen molar-refractivity contribution in [1.82, 2.24) is 9.88 Å². The van der Waals surface area contributed by atoms with E-state index in [2.05, 4.69) is 16.6 Å². The average molecular weight is 418 g/mol. The number of thiazole rings is 1. The summed E-state index contributed by atoms with van der Waals surface area (Å²) in [6.45, 7) is 6.17. The van der Waals surface area contributed by atoms with E-state index >= 15 is 0 Å². The molecule has 0 aliphatic heterocycles. The number of anilines is 1. The molecule has 3 aromatic rings. The lowest BCUT2D eigenvalue weighted by molar-refractivity contribution is 0.0959. The van der Waals surface area contributed by atoms with Crippen molar-refractivity contribution in [3.8, 4) is 0 Å². The van der Waals surface area contributed by atoms with Crippen molar-refractivity contribution in [3.05, 3.63) is 70.4 Å².